The number of benzene rings is 1. The number of aromatic nitrogens is 3. The molecule has 3 rings (SSSR count). The van der Waals surface area contributed by atoms with Gasteiger partial charge in [-0.1, -0.05) is 29.3 Å². The first-order chi connectivity index (χ1) is 11.0. The van der Waals surface area contributed by atoms with E-state index >= 15 is 0 Å². The highest BCUT2D eigenvalue weighted by atomic mass is 35.5. The average Bonchev–Trinajstić information content (AvgIpc) is 3.00. The van der Waals surface area contributed by atoms with Crippen LogP contribution in [0, 0.1) is 0 Å². The molecule has 0 amide bonds. The van der Waals surface area contributed by atoms with Crippen molar-refractivity contribution in [2.45, 2.75) is 10.9 Å². The van der Waals surface area contributed by atoms with E-state index in [1.165, 1.54) is 17.0 Å². The summed E-state index contributed by atoms with van der Waals surface area (Å²) in [4.78, 5) is 8.01. The number of hydrogen-bond donors (Lipinski definition) is 0. The van der Waals surface area contributed by atoms with E-state index in [1.807, 2.05) is 0 Å². The van der Waals surface area contributed by atoms with Crippen molar-refractivity contribution < 1.29 is 8.42 Å². The highest BCUT2D eigenvalue weighted by molar-refractivity contribution is 7.90. The van der Waals surface area contributed by atoms with Crippen molar-refractivity contribution in [3.05, 3.63) is 70.7 Å². The Hall–Kier alpha value is -1.89. The molecule has 0 spiro atoms. The molecule has 23 heavy (non-hydrogen) atoms. The van der Waals surface area contributed by atoms with Gasteiger partial charge in [-0.05, 0) is 30.3 Å². The molecule has 3 aromatic rings. The first-order valence-corrected chi connectivity index (χ1v) is 8.99. The number of rotatable bonds is 4. The van der Waals surface area contributed by atoms with Crippen LogP contribution in [0.2, 0.25) is 10.0 Å². The van der Waals surface area contributed by atoms with Crippen LogP contribution in [0.25, 0.3) is 5.69 Å². The van der Waals surface area contributed by atoms with Gasteiger partial charge < -0.3 is 0 Å². The molecule has 118 valence electrons. The molecule has 2 heterocycles. The van der Waals surface area contributed by atoms with Crippen LogP contribution in [0.3, 0.4) is 0 Å². The van der Waals surface area contributed by atoms with Gasteiger partial charge in [0.25, 0.3) is 0 Å². The normalized spacial score (nSPS) is 11.6. The Balaban J connectivity index is 1.98. The number of pyridine rings is 1. The van der Waals surface area contributed by atoms with Gasteiger partial charge >= 0.3 is 0 Å². The summed E-state index contributed by atoms with van der Waals surface area (Å²) >= 11 is 11.7. The van der Waals surface area contributed by atoms with E-state index in [0.29, 0.717) is 21.4 Å². The summed E-state index contributed by atoms with van der Waals surface area (Å²) in [5.74, 6) is -0.262. The highest BCUT2D eigenvalue weighted by Crippen LogP contribution is 2.21. The smallest absolute Gasteiger partial charge is 0.232 e. The van der Waals surface area contributed by atoms with Crippen LogP contribution < -0.4 is 0 Å². The van der Waals surface area contributed by atoms with Crippen LogP contribution >= 0.6 is 23.2 Å². The third-order valence-electron chi connectivity index (χ3n) is 3.10. The van der Waals surface area contributed by atoms with E-state index in [0.717, 1.165) is 0 Å². The number of sulfone groups is 1. The van der Waals surface area contributed by atoms with Crippen molar-refractivity contribution in [3.63, 3.8) is 0 Å². The fourth-order valence-corrected chi connectivity index (χ4v) is 3.77. The molecule has 0 N–H and O–H groups in total. The Morgan fingerprint density at radius 1 is 1.04 bits per heavy atom. The Bertz CT molecular complexity index is 937. The Morgan fingerprint density at radius 2 is 1.87 bits per heavy atom. The second-order valence-corrected chi connectivity index (χ2v) is 7.54. The Morgan fingerprint density at radius 3 is 2.57 bits per heavy atom. The molecule has 0 aliphatic rings. The maximum atomic E-state index is 12.6. The third kappa shape index (κ3) is 3.55. The van der Waals surface area contributed by atoms with Crippen molar-refractivity contribution in [2.75, 3.05) is 0 Å². The number of hydrogen-bond acceptors (Lipinski definition) is 4. The molecule has 0 radical (unpaired) electrons. The first kappa shape index (κ1) is 16.0. The molecule has 2 aromatic heterocycles. The SMILES string of the molecule is O=S(=O)(Cc1ccc(Cl)cn1)c1nccn1-c1cccc(Cl)c1. The molecule has 0 bridgehead atoms. The van der Waals surface area contributed by atoms with Gasteiger partial charge in [-0.25, -0.2) is 13.4 Å². The van der Waals surface area contributed by atoms with Crippen molar-refractivity contribution >= 4 is 33.0 Å². The minimum atomic E-state index is -3.67. The van der Waals surface area contributed by atoms with Crippen LogP contribution in [0.1, 0.15) is 5.69 Å². The summed E-state index contributed by atoms with van der Waals surface area (Å²) in [6, 6.07) is 10.1. The summed E-state index contributed by atoms with van der Waals surface area (Å²) in [5, 5.41) is 0.905. The molecular formula is C15H11Cl2N3O2S. The van der Waals surface area contributed by atoms with Gasteiger partial charge in [0, 0.05) is 29.3 Å². The van der Waals surface area contributed by atoms with Gasteiger partial charge in [0.15, 0.2) is 0 Å². The molecule has 1 aromatic carbocycles. The monoisotopic (exact) mass is 367 g/mol. The third-order valence-corrected chi connectivity index (χ3v) is 5.09. The molecule has 0 saturated carbocycles. The molecule has 8 heteroatoms. The Kier molecular flexibility index (Phi) is 4.39. The largest absolute Gasteiger partial charge is 0.291 e. The van der Waals surface area contributed by atoms with E-state index in [9.17, 15) is 8.42 Å². The standard InChI is InChI=1S/C15H11Cl2N3O2S/c16-11-2-1-3-14(8-11)20-7-6-18-15(20)23(21,22)10-13-5-4-12(17)9-19-13/h1-9H,10H2. The number of halogens is 2. The van der Waals surface area contributed by atoms with E-state index in [4.69, 9.17) is 23.2 Å². The predicted molar refractivity (Wildman–Crippen MR) is 88.7 cm³/mol. The molecule has 0 saturated heterocycles. The molecule has 0 aliphatic heterocycles. The summed E-state index contributed by atoms with van der Waals surface area (Å²) in [6.07, 6.45) is 4.42. The zero-order chi connectivity index (χ0) is 16.4. The van der Waals surface area contributed by atoms with Crippen LogP contribution in [0.15, 0.2) is 60.1 Å². The quantitative estimate of drug-likeness (QED) is 0.707. The minimum absolute atomic E-state index is 0.0588. The summed E-state index contributed by atoms with van der Waals surface area (Å²) in [5.41, 5.74) is 1.02. The average molecular weight is 368 g/mol. The summed E-state index contributed by atoms with van der Waals surface area (Å²) < 4.78 is 26.8. The van der Waals surface area contributed by atoms with E-state index in [1.54, 1.807) is 42.6 Å². The fourth-order valence-electron chi connectivity index (χ4n) is 2.09. The Labute approximate surface area is 143 Å². The lowest BCUT2D eigenvalue weighted by molar-refractivity contribution is 0.582. The maximum absolute atomic E-state index is 12.6. The highest BCUT2D eigenvalue weighted by Gasteiger charge is 2.22. The second kappa shape index (κ2) is 6.31. The molecule has 0 atom stereocenters. The van der Waals surface area contributed by atoms with Gasteiger partial charge in [-0.15, -0.1) is 0 Å². The lowest BCUT2D eigenvalue weighted by Gasteiger charge is -2.09. The minimum Gasteiger partial charge on any atom is -0.291 e. The zero-order valence-electron chi connectivity index (χ0n) is 11.7. The van der Waals surface area contributed by atoms with Crippen LogP contribution in [0.5, 0.6) is 0 Å². The molecule has 0 aliphatic carbocycles. The number of imidazole rings is 1. The molecule has 0 unspecified atom stereocenters. The first-order valence-electron chi connectivity index (χ1n) is 6.58. The van der Waals surface area contributed by atoms with Gasteiger partial charge in [-0.3, -0.25) is 9.55 Å². The lowest BCUT2D eigenvalue weighted by atomic mass is 10.3. The van der Waals surface area contributed by atoms with Gasteiger partial charge in [0.05, 0.1) is 10.7 Å². The van der Waals surface area contributed by atoms with Crippen molar-refractivity contribution in [2.24, 2.45) is 0 Å². The zero-order valence-corrected chi connectivity index (χ0v) is 14.1. The second-order valence-electron chi connectivity index (χ2n) is 4.79. The van der Waals surface area contributed by atoms with Crippen LogP contribution in [-0.2, 0) is 15.6 Å². The number of nitrogens with zero attached hydrogens (tertiary/aromatic N) is 3. The van der Waals surface area contributed by atoms with Crippen molar-refractivity contribution in [3.8, 4) is 5.69 Å². The van der Waals surface area contributed by atoms with Gasteiger partial charge in [0.1, 0.15) is 5.75 Å². The van der Waals surface area contributed by atoms with E-state index in [-0.39, 0.29) is 10.9 Å². The van der Waals surface area contributed by atoms with Crippen LogP contribution in [-0.4, -0.2) is 23.0 Å². The molecule has 0 fully saturated rings. The van der Waals surface area contributed by atoms with Crippen molar-refractivity contribution in [1.82, 2.24) is 14.5 Å². The van der Waals surface area contributed by atoms with Gasteiger partial charge in [-0.2, -0.15) is 0 Å². The summed E-state index contributed by atoms with van der Waals surface area (Å²) in [7, 11) is -3.67. The lowest BCUT2D eigenvalue weighted by Crippen LogP contribution is -2.12. The summed E-state index contributed by atoms with van der Waals surface area (Å²) in [6.45, 7) is 0. The maximum Gasteiger partial charge on any atom is 0.232 e. The fraction of sp³-hybridized carbons (Fsp3) is 0.0667. The molecule has 5 nitrogen and oxygen atoms in total. The predicted octanol–water partition coefficient (Wildman–Crippen LogP) is 3.55. The van der Waals surface area contributed by atoms with Gasteiger partial charge in [0.2, 0.25) is 15.0 Å². The van der Waals surface area contributed by atoms with Crippen molar-refractivity contribution in [1.29, 1.82) is 0 Å². The van der Waals surface area contributed by atoms with E-state index in [2.05, 4.69) is 9.97 Å². The topological polar surface area (TPSA) is 64.8 Å². The van der Waals surface area contributed by atoms with Crippen LogP contribution in [0.4, 0.5) is 0 Å². The van der Waals surface area contributed by atoms with E-state index < -0.39 is 9.84 Å². The molecular weight excluding hydrogens is 357 g/mol.